The average molecular weight is 443 g/mol. The number of nitrogens with zero attached hydrogens (tertiary/aromatic N) is 1. The van der Waals surface area contributed by atoms with E-state index in [1.165, 1.54) is 11.1 Å². The normalized spacial score (nSPS) is 11.6. The molecule has 0 spiro atoms. The minimum atomic E-state index is -0.546. The van der Waals surface area contributed by atoms with Crippen molar-refractivity contribution in [2.75, 3.05) is 19.4 Å². The monoisotopic (exact) mass is 442 g/mol. The lowest BCUT2D eigenvalue weighted by Gasteiger charge is -2.29. The van der Waals surface area contributed by atoms with Gasteiger partial charge in [-0.15, -0.1) is 11.8 Å². The lowest BCUT2D eigenvalue weighted by molar-refractivity contribution is -0.138. The predicted molar refractivity (Wildman–Crippen MR) is 128 cm³/mol. The number of methoxy groups -OCH3 is 1. The summed E-state index contributed by atoms with van der Waals surface area (Å²) in [5.41, 5.74) is 3.34. The highest BCUT2D eigenvalue weighted by atomic mass is 32.2. The summed E-state index contributed by atoms with van der Waals surface area (Å²) in [7, 11) is 1.62. The fourth-order valence-corrected chi connectivity index (χ4v) is 3.98. The molecule has 1 atom stereocenters. The number of ether oxygens (including phenoxy) is 1. The van der Waals surface area contributed by atoms with Gasteiger partial charge in [0.2, 0.25) is 11.8 Å². The van der Waals surface area contributed by atoms with Gasteiger partial charge in [0.1, 0.15) is 11.8 Å². The summed E-state index contributed by atoms with van der Waals surface area (Å²) >= 11 is 1.57. The molecule has 168 valence electrons. The first-order valence-corrected chi connectivity index (χ1v) is 11.9. The third kappa shape index (κ3) is 8.29. The average Bonchev–Trinajstić information content (AvgIpc) is 2.78. The van der Waals surface area contributed by atoms with Crippen LogP contribution in [-0.4, -0.2) is 42.2 Å². The first-order chi connectivity index (χ1) is 14.9. The Morgan fingerprint density at radius 1 is 1.13 bits per heavy atom. The molecule has 0 aliphatic carbocycles. The summed E-state index contributed by atoms with van der Waals surface area (Å²) in [6, 6.07) is 15.4. The molecule has 0 aromatic heterocycles. The van der Waals surface area contributed by atoms with Crippen molar-refractivity contribution in [1.82, 2.24) is 10.2 Å². The van der Waals surface area contributed by atoms with Crippen molar-refractivity contribution in [1.29, 1.82) is 0 Å². The van der Waals surface area contributed by atoms with Crippen LogP contribution in [0.4, 0.5) is 0 Å². The zero-order valence-electron chi connectivity index (χ0n) is 19.0. The van der Waals surface area contributed by atoms with Crippen LogP contribution in [-0.2, 0) is 21.9 Å². The van der Waals surface area contributed by atoms with Crippen molar-refractivity contribution in [3.05, 3.63) is 65.2 Å². The van der Waals surface area contributed by atoms with Crippen LogP contribution in [0.2, 0.25) is 0 Å². The third-order valence-electron chi connectivity index (χ3n) is 5.10. The lowest BCUT2D eigenvalue weighted by atomic mass is 10.1. The molecule has 2 amide bonds. The molecule has 31 heavy (non-hydrogen) atoms. The van der Waals surface area contributed by atoms with Crippen molar-refractivity contribution in [2.24, 2.45) is 0 Å². The Labute approximate surface area is 190 Å². The number of rotatable bonds is 12. The number of amides is 2. The number of unbranched alkanes of at least 4 members (excludes halogenated alkanes) is 1. The highest BCUT2D eigenvalue weighted by Crippen LogP contribution is 2.19. The van der Waals surface area contributed by atoms with E-state index in [0.29, 0.717) is 18.8 Å². The van der Waals surface area contributed by atoms with E-state index in [9.17, 15) is 9.59 Å². The van der Waals surface area contributed by atoms with Crippen molar-refractivity contribution in [2.45, 2.75) is 52.0 Å². The number of hydrogen-bond acceptors (Lipinski definition) is 4. The zero-order valence-corrected chi connectivity index (χ0v) is 19.8. The summed E-state index contributed by atoms with van der Waals surface area (Å²) in [4.78, 5) is 27.4. The van der Waals surface area contributed by atoms with Gasteiger partial charge in [0, 0.05) is 18.8 Å². The Morgan fingerprint density at radius 3 is 2.55 bits per heavy atom. The molecule has 2 rings (SSSR count). The number of carbonyl (C=O) groups excluding carboxylic acids is 2. The molecule has 5 nitrogen and oxygen atoms in total. The van der Waals surface area contributed by atoms with Gasteiger partial charge in [0.25, 0.3) is 0 Å². The maximum atomic E-state index is 13.1. The van der Waals surface area contributed by atoms with Crippen LogP contribution in [0.1, 0.15) is 43.4 Å². The molecule has 6 heteroatoms. The molecule has 1 unspecified atom stereocenters. The van der Waals surface area contributed by atoms with Gasteiger partial charge in [-0.25, -0.2) is 0 Å². The van der Waals surface area contributed by atoms with Gasteiger partial charge in [0.15, 0.2) is 0 Å². The molecule has 0 bridgehead atoms. The first kappa shape index (κ1) is 24.8. The highest BCUT2D eigenvalue weighted by molar-refractivity contribution is 7.99. The van der Waals surface area contributed by atoms with Crippen molar-refractivity contribution < 1.29 is 14.3 Å². The van der Waals surface area contributed by atoms with E-state index < -0.39 is 6.04 Å². The van der Waals surface area contributed by atoms with E-state index >= 15 is 0 Å². The quantitative estimate of drug-likeness (QED) is 0.489. The van der Waals surface area contributed by atoms with Gasteiger partial charge in [-0.05, 0) is 43.5 Å². The van der Waals surface area contributed by atoms with Gasteiger partial charge in [-0.1, -0.05) is 55.3 Å². The number of thioether (sulfide) groups is 1. The van der Waals surface area contributed by atoms with E-state index in [4.69, 9.17) is 4.74 Å². The van der Waals surface area contributed by atoms with Crippen LogP contribution >= 0.6 is 11.8 Å². The Bertz CT molecular complexity index is 839. The fraction of sp³-hybridized carbons (Fsp3) is 0.440. The largest absolute Gasteiger partial charge is 0.497 e. The molecule has 0 radical (unpaired) electrons. The minimum absolute atomic E-state index is 0.0435. The minimum Gasteiger partial charge on any atom is -0.497 e. The number of carbonyl (C=O) groups is 2. The second-order valence-corrected chi connectivity index (χ2v) is 8.66. The summed E-state index contributed by atoms with van der Waals surface area (Å²) in [5, 5.41) is 2.95. The third-order valence-corrected chi connectivity index (χ3v) is 6.09. The van der Waals surface area contributed by atoms with Gasteiger partial charge in [-0.2, -0.15) is 0 Å². The Kier molecular flexibility index (Phi) is 10.4. The Morgan fingerprint density at radius 2 is 1.87 bits per heavy atom. The SMILES string of the molecule is CCCCNC(=O)C(C)N(Cc1cccc(OC)c1)C(=O)CSCc1ccc(C)cc1. The lowest BCUT2D eigenvalue weighted by Crippen LogP contribution is -2.48. The first-order valence-electron chi connectivity index (χ1n) is 10.8. The Balaban J connectivity index is 2.06. The van der Waals surface area contributed by atoms with Crippen LogP contribution in [0.5, 0.6) is 5.75 Å². The smallest absolute Gasteiger partial charge is 0.242 e. The van der Waals surface area contributed by atoms with Gasteiger partial charge < -0.3 is 15.0 Å². The molecule has 0 aliphatic rings. The van der Waals surface area contributed by atoms with Crippen LogP contribution in [0, 0.1) is 6.92 Å². The van der Waals surface area contributed by atoms with E-state index in [1.807, 2.05) is 24.3 Å². The Hall–Kier alpha value is -2.47. The summed E-state index contributed by atoms with van der Waals surface area (Å²) < 4.78 is 5.31. The molecule has 2 aromatic carbocycles. The second-order valence-electron chi connectivity index (χ2n) is 7.67. The van der Waals surface area contributed by atoms with Crippen molar-refractivity contribution >= 4 is 23.6 Å². The maximum absolute atomic E-state index is 13.1. The summed E-state index contributed by atoms with van der Waals surface area (Å²) in [6.45, 7) is 6.93. The molecular weight excluding hydrogens is 408 g/mol. The number of aryl methyl sites for hydroxylation is 1. The van der Waals surface area contributed by atoms with Crippen LogP contribution in [0.3, 0.4) is 0 Å². The zero-order chi connectivity index (χ0) is 22.6. The van der Waals surface area contributed by atoms with Gasteiger partial charge >= 0.3 is 0 Å². The molecule has 0 heterocycles. The molecule has 0 saturated carbocycles. The highest BCUT2D eigenvalue weighted by Gasteiger charge is 2.26. The molecule has 0 aliphatic heterocycles. The number of hydrogen-bond donors (Lipinski definition) is 1. The van der Waals surface area contributed by atoms with Crippen LogP contribution in [0.25, 0.3) is 0 Å². The molecule has 0 saturated heterocycles. The van der Waals surface area contributed by atoms with E-state index in [2.05, 4.69) is 43.4 Å². The predicted octanol–water partition coefficient (Wildman–Crippen LogP) is 4.57. The van der Waals surface area contributed by atoms with E-state index in [0.717, 1.165) is 29.9 Å². The number of benzene rings is 2. The molecular formula is C25H34N2O3S. The van der Waals surface area contributed by atoms with Gasteiger partial charge in [0.05, 0.1) is 12.9 Å². The second kappa shape index (κ2) is 13.1. The maximum Gasteiger partial charge on any atom is 0.242 e. The fourth-order valence-electron chi connectivity index (χ4n) is 3.11. The topological polar surface area (TPSA) is 58.6 Å². The van der Waals surface area contributed by atoms with Gasteiger partial charge in [-0.3, -0.25) is 9.59 Å². The van der Waals surface area contributed by atoms with Crippen LogP contribution in [0.15, 0.2) is 48.5 Å². The molecule has 0 fully saturated rings. The van der Waals surface area contributed by atoms with E-state index in [1.54, 1.807) is 30.7 Å². The summed E-state index contributed by atoms with van der Waals surface area (Å²) in [6.07, 6.45) is 1.94. The number of nitrogens with one attached hydrogen (secondary N) is 1. The molecule has 2 aromatic rings. The van der Waals surface area contributed by atoms with E-state index in [-0.39, 0.29) is 11.8 Å². The van der Waals surface area contributed by atoms with Crippen molar-refractivity contribution in [3.8, 4) is 5.75 Å². The standard InChI is InChI=1S/C25H34N2O3S/c1-5-6-14-26-25(29)20(3)27(16-22-8-7-9-23(15-22)30-4)24(28)18-31-17-21-12-10-19(2)11-13-21/h7-13,15,20H,5-6,14,16-18H2,1-4H3,(H,26,29). The van der Waals surface area contributed by atoms with Crippen LogP contribution < -0.4 is 10.1 Å². The molecule has 1 N–H and O–H groups in total. The summed E-state index contributed by atoms with van der Waals surface area (Å²) in [5.74, 6) is 1.66. The van der Waals surface area contributed by atoms with Crippen molar-refractivity contribution in [3.63, 3.8) is 0 Å².